The van der Waals surface area contributed by atoms with Gasteiger partial charge in [0.05, 0.1) is 4.34 Å². The van der Waals surface area contributed by atoms with Crippen molar-refractivity contribution in [2.75, 3.05) is 19.0 Å². The molecule has 0 aliphatic carbocycles. The van der Waals surface area contributed by atoms with Gasteiger partial charge >= 0.3 is 11.8 Å². The molecule has 0 aliphatic heterocycles. The van der Waals surface area contributed by atoms with Crippen LogP contribution in [-0.4, -0.2) is 25.5 Å². The molecule has 8 heteroatoms. The van der Waals surface area contributed by atoms with Crippen molar-refractivity contribution in [2.24, 2.45) is 0 Å². The van der Waals surface area contributed by atoms with E-state index >= 15 is 0 Å². The molecule has 0 saturated carbocycles. The van der Waals surface area contributed by atoms with Gasteiger partial charge in [0.15, 0.2) is 0 Å². The van der Waals surface area contributed by atoms with Gasteiger partial charge in [0.25, 0.3) is 0 Å². The molecule has 1 atom stereocenters. The van der Waals surface area contributed by atoms with E-state index in [2.05, 4.69) is 10.6 Å². The lowest BCUT2D eigenvalue weighted by Crippen LogP contribution is -2.37. The van der Waals surface area contributed by atoms with Crippen LogP contribution in [0.3, 0.4) is 0 Å². The van der Waals surface area contributed by atoms with E-state index in [0.29, 0.717) is 9.90 Å². The average Bonchev–Trinajstić information content (AvgIpc) is 2.97. The van der Waals surface area contributed by atoms with Gasteiger partial charge in [-0.15, -0.1) is 11.3 Å². The molecule has 2 amide bonds. The Hall–Kier alpha value is -1.96. The quantitative estimate of drug-likeness (QED) is 0.793. The van der Waals surface area contributed by atoms with Crippen molar-refractivity contribution in [2.45, 2.75) is 13.0 Å². The third-order valence-electron chi connectivity index (χ3n) is 3.28. The first-order valence-electron chi connectivity index (χ1n) is 7.04. The number of hydrogen-bond acceptors (Lipinski definition) is 4. The summed E-state index contributed by atoms with van der Waals surface area (Å²) in [6.45, 7) is 1.72. The zero-order chi connectivity index (χ0) is 17.7. The van der Waals surface area contributed by atoms with Gasteiger partial charge in [-0.1, -0.05) is 17.7 Å². The predicted molar refractivity (Wildman–Crippen MR) is 91.9 cm³/mol. The topological polar surface area (TPSA) is 67.4 Å². The van der Waals surface area contributed by atoms with Crippen LogP contribution in [0.15, 0.2) is 30.3 Å². The van der Waals surface area contributed by atoms with E-state index in [1.54, 1.807) is 19.1 Å². The summed E-state index contributed by atoms with van der Waals surface area (Å²) in [7, 11) is 1.50. The highest BCUT2D eigenvalue weighted by molar-refractivity contribution is 7.16. The second kappa shape index (κ2) is 8.23. The number of nitrogens with one attached hydrogen (secondary N) is 2. The number of amides is 2. The molecular formula is C16H16ClFN2O3S. The molecule has 2 aromatic rings. The van der Waals surface area contributed by atoms with E-state index in [9.17, 15) is 14.0 Å². The van der Waals surface area contributed by atoms with Gasteiger partial charge in [0.1, 0.15) is 11.9 Å². The number of ether oxygens (including phenoxy) is 1. The molecule has 1 aromatic heterocycles. The molecule has 0 aliphatic rings. The fourth-order valence-corrected chi connectivity index (χ4v) is 3.06. The fourth-order valence-electron chi connectivity index (χ4n) is 1.93. The zero-order valence-electron chi connectivity index (χ0n) is 13.1. The first-order valence-corrected chi connectivity index (χ1v) is 8.23. The molecule has 2 N–H and O–H groups in total. The Morgan fingerprint density at radius 3 is 2.62 bits per heavy atom. The van der Waals surface area contributed by atoms with Gasteiger partial charge < -0.3 is 15.4 Å². The van der Waals surface area contributed by atoms with Crippen molar-refractivity contribution >= 4 is 40.4 Å². The van der Waals surface area contributed by atoms with E-state index in [4.69, 9.17) is 16.3 Å². The van der Waals surface area contributed by atoms with Gasteiger partial charge in [-0.2, -0.15) is 0 Å². The predicted octanol–water partition coefficient (Wildman–Crippen LogP) is 3.29. The monoisotopic (exact) mass is 370 g/mol. The summed E-state index contributed by atoms with van der Waals surface area (Å²) in [6.07, 6.45) is -0.406. The van der Waals surface area contributed by atoms with Crippen molar-refractivity contribution in [3.63, 3.8) is 0 Å². The summed E-state index contributed by atoms with van der Waals surface area (Å²) in [6, 6.07) is 7.72. The summed E-state index contributed by atoms with van der Waals surface area (Å²) < 4.78 is 19.3. The van der Waals surface area contributed by atoms with Crippen LogP contribution in [-0.2, 0) is 14.3 Å². The van der Waals surface area contributed by atoms with Gasteiger partial charge in [-0.05, 0) is 36.8 Å². The van der Waals surface area contributed by atoms with Crippen molar-refractivity contribution in [1.82, 2.24) is 5.32 Å². The number of methoxy groups -OCH3 is 1. The van der Waals surface area contributed by atoms with Gasteiger partial charge in [0.2, 0.25) is 0 Å². The standard InChI is InChI=1S/C16H16ClFN2O3S/c1-9-3-4-10(7-11(9)18)20-16(22)15(21)19-8-12(23-2)13-5-6-14(17)24-13/h3-7,12H,8H2,1-2H3,(H,19,21)(H,20,22)/t12-/m1/s1. The minimum absolute atomic E-state index is 0.113. The highest BCUT2D eigenvalue weighted by atomic mass is 35.5. The van der Waals surface area contributed by atoms with Crippen molar-refractivity contribution in [3.8, 4) is 0 Å². The number of rotatable bonds is 5. The smallest absolute Gasteiger partial charge is 0.313 e. The molecule has 24 heavy (non-hydrogen) atoms. The normalized spacial score (nSPS) is 11.8. The lowest BCUT2D eigenvalue weighted by molar-refractivity contribution is -0.136. The van der Waals surface area contributed by atoms with Crippen LogP contribution in [0.1, 0.15) is 16.5 Å². The number of carbonyl (C=O) groups is 2. The molecule has 0 bridgehead atoms. The van der Waals surface area contributed by atoms with Crippen LogP contribution in [0, 0.1) is 12.7 Å². The number of halogens is 2. The van der Waals surface area contributed by atoms with Crippen LogP contribution >= 0.6 is 22.9 Å². The SMILES string of the molecule is CO[C@H](CNC(=O)C(=O)Nc1ccc(C)c(F)c1)c1ccc(Cl)s1. The van der Waals surface area contributed by atoms with Crippen molar-refractivity contribution < 1.29 is 18.7 Å². The maximum Gasteiger partial charge on any atom is 0.313 e. The third kappa shape index (κ3) is 4.77. The molecule has 2 rings (SSSR count). The highest BCUT2D eigenvalue weighted by Gasteiger charge is 2.18. The Kier molecular flexibility index (Phi) is 6.30. The molecule has 128 valence electrons. The lowest BCUT2D eigenvalue weighted by atomic mass is 10.2. The Morgan fingerprint density at radius 2 is 2.04 bits per heavy atom. The number of thiophene rings is 1. The fraction of sp³-hybridized carbons (Fsp3) is 0.250. The largest absolute Gasteiger partial charge is 0.374 e. The first-order chi connectivity index (χ1) is 11.4. The second-order valence-corrected chi connectivity index (χ2v) is 6.74. The summed E-state index contributed by atoms with van der Waals surface area (Å²) in [5.41, 5.74) is 0.668. The summed E-state index contributed by atoms with van der Waals surface area (Å²) in [4.78, 5) is 24.5. The molecule has 5 nitrogen and oxygen atoms in total. The summed E-state index contributed by atoms with van der Waals surface area (Å²) >= 11 is 7.20. The molecule has 1 heterocycles. The maximum absolute atomic E-state index is 13.4. The van der Waals surface area contributed by atoms with E-state index in [1.165, 1.54) is 30.6 Å². The van der Waals surface area contributed by atoms with E-state index in [0.717, 1.165) is 10.9 Å². The van der Waals surface area contributed by atoms with E-state index in [1.807, 2.05) is 0 Å². The third-order valence-corrected chi connectivity index (χ3v) is 4.60. The van der Waals surface area contributed by atoms with E-state index in [-0.39, 0.29) is 12.2 Å². The highest BCUT2D eigenvalue weighted by Crippen LogP contribution is 2.28. The minimum Gasteiger partial charge on any atom is -0.374 e. The Morgan fingerprint density at radius 1 is 1.29 bits per heavy atom. The average molecular weight is 371 g/mol. The van der Waals surface area contributed by atoms with Crippen LogP contribution in [0.5, 0.6) is 0 Å². The second-order valence-electron chi connectivity index (χ2n) is 4.99. The number of carbonyl (C=O) groups excluding carboxylic acids is 2. The number of aryl methyl sites for hydroxylation is 1. The Balaban J connectivity index is 1.91. The van der Waals surface area contributed by atoms with Gasteiger partial charge in [-0.3, -0.25) is 9.59 Å². The minimum atomic E-state index is -0.877. The van der Waals surface area contributed by atoms with Crippen LogP contribution in [0.25, 0.3) is 0 Å². The van der Waals surface area contributed by atoms with Crippen molar-refractivity contribution in [3.05, 3.63) is 50.9 Å². The molecular weight excluding hydrogens is 355 g/mol. The molecule has 0 fully saturated rings. The lowest BCUT2D eigenvalue weighted by Gasteiger charge is -2.14. The molecule has 0 saturated heterocycles. The van der Waals surface area contributed by atoms with Crippen LogP contribution in [0.2, 0.25) is 4.34 Å². The molecule has 0 unspecified atom stereocenters. The molecule has 1 aromatic carbocycles. The summed E-state index contributed by atoms with van der Waals surface area (Å²) in [5, 5.41) is 4.83. The number of anilines is 1. The first kappa shape index (κ1) is 18.4. The number of hydrogen-bond donors (Lipinski definition) is 2. The molecule has 0 radical (unpaired) electrons. The van der Waals surface area contributed by atoms with Crippen molar-refractivity contribution in [1.29, 1.82) is 0 Å². The zero-order valence-corrected chi connectivity index (χ0v) is 14.6. The van der Waals surface area contributed by atoms with Gasteiger partial charge in [-0.25, -0.2) is 4.39 Å². The van der Waals surface area contributed by atoms with Gasteiger partial charge in [0, 0.05) is 24.2 Å². The summed E-state index contributed by atoms with van der Waals surface area (Å²) in [5.74, 6) is -2.17. The number of benzene rings is 1. The van der Waals surface area contributed by atoms with Crippen LogP contribution < -0.4 is 10.6 Å². The van der Waals surface area contributed by atoms with E-state index < -0.39 is 23.7 Å². The molecule has 0 spiro atoms. The maximum atomic E-state index is 13.4. The van der Waals surface area contributed by atoms with Crippen LogP contribution in [0.4, 0.5) is 10.1 Å². The Bertz CT molecular complexity index is 751. The Labute approximate surface area is 147 Å².